The van der Waals surface area contributed by atoms with E-state index in [4.69, 9.17) is 35.9 Å². The molecule has 2 rings (SSSR count). The van der Waals surface area contributed by atoms with Crippen LogP contribution in [0.5, 0.6) is 0 Å². The normalized spacial score (nSPS) is 10.1. The van der Waals surface area contributed by atoms with Gasteiger partial charge < -0.3 is 11.5 Å². The second kappa shape index (κ2) is 9.75. The van der Waals surface area contributed by atoms with Crippen LogP contribution in [0.4, 0.5) is 0 Å². The van der Waals surface area contributed by atoms with Gasteiger partial charge in [-0.3, -0.25) is 19.4 Å². The fourth-order valence-corrected chi connectivity index (χ4v) is 2.83. The molecule has 0 aromatic heterocycles. The minimum absolute atomic E-state index is 0.0277. The van der Waals surface area contributed by atoms with Crippen molar-refractivity contribution in [3.05, 3.63) is 71.8 Å². The van der Waals surface area contributed by atoms with E-state index in [9.17, 15) is 9.59 Å². The molecular formula is C19H20N4O2S2. The number of carbonyl (C=O) groups is 2. The van der Waals surface area contributed by atoms with Crippen LogP contribution in [0.3, 0.4) is 0 Å². The first-order valence-electron chi connectivity index (χ1n) is 8.24. The molecule has 0 fully saturated rings. The molecule has 140 valence electrons. The first-order valence-corrected chi connectivity index (χ1v) is 9.06. The van der Waals surface area contributed by atoms with E-state index in [0.29, 0.717) is 17.5 Å². The average Bonchev–Trinajstić information content (AvgIpc) is 2.68. The van der Waals surface area contributed by atoms with Crippen molar-refractivity contribution in [2.75, 3.05) is 13.1 Å². The second-order valence-electron chi connectivity index (χ2n) is 5.68. The number of rotatable bonds is 6. The molecule has 2 aromatic carbocycles. The van der Waals surface area contributed by atoms with E-state index in [2.05, 4.69) is 0 Å². The van der Waals surface area contributed by atoms with Gasteiger partial charge in [0, 0.05) is 24.2 Å². The molecule has 0 radical (unpaired) electrons. The van der Waals surface area contributed by atoms with Gasteiger partial charge in [0.15, 0.2) is 10.2 Å². The van der Waals surface area contributed by atoms with Gasteiger partial charge in [-0.2, -0.15) is 0 Å². The third-order valence-electron chi connectivity index (χ3n) is 3.83. The molecule has 8 heteroatoms. The number of carbonyl (C=O) groups excluding carboxylic acids is 2. The van der Waals surface area contributed by atoms with Crippen molar-refractivity contribution >= 4 is 46.5 Å². The number of nitrogens with two attached hydrogens (primary N) is 2. The molecule has 0 spiro atoms. The third kappa shape index (κ3) is 5.57. The summed E-state index contributed by atoms with van der Waals surface area (Å²) in [7, 11) is 0. The molecule has 0 atom stereocenters. The lowest BCUT2D eigenvalue weighted by Gasteiger charge is -2.24. The van der Waals surface area contributed by atoms with Crippen molar-refractivity contribution in [2.24, 2.45) is 11.5 Å². The fraction of sp³-hybridized carbons (Fsp3) is 0.158. The number of benzene rings is 2. The van der Waals surface area contributed by atoms with Gasteiger partial charge in [0.05, 0.1) is 0 Å². The molecule has 0 heterocycles. The highest BCUT2D eigenvalue weighted by Crippen LogP contribution is 2.08. The van der Waals surface area contributed by atoms with Crippen molar-refractivity contribution in [3.63, 3.8) is 0 Å². The Morgan fingerprint density at radius 3 is 1.33 bits per heavy atom. The molecule has 0 bridgehead atoms. The van der Waals surface area contributed by atoms with Crippen LogP contribution in [-0.4, -0.2) is 44.9 Å². The maximum absolute atomic E-state index is 12.6. The first-order chi connectivity index (χ1) is 12.9. The maximum Gasteiger partial charge on any atom is 0.260 e. The highest BCUT2D eigenvalue weighted by atomic mass is 32.1. The van der Waals surface area contributed by atoms with E-state index in [-0.39, 0.29) is 35.1 Å². The minimum Gasteiger partial charge on any atom is -0.376 e. The molecule has 6 nitrogen and oxygen atoms in total. The van der Waals surface area contributed by atoms with E-state index < -0.39 is 0 Å². The third-order valence-corrected chi connectivity index (χ3v) is 4.27. The number of nitrogens with zero attached hydrogens (tertiary/aromatic N) is 2. The summed E-state index contributed by atoms with van der Waals surface area (Å²) in [6.45, 7) is 0.481. The van der Waals surface area contributed by atoms with E-state index >= 15 is 0 Å². The first kappa shape index (κ1) is 20.5. The highest BCUT2D eigenvalue weighted by molar-refractivity contribution is 7.80. The van der Waals surface area contributed by atoms with Crippen molar-refractivity contribution < 1.29 is 9.59 Å². The lowest BCUT2D eigenvalue weighted by molar-refractivity contribution is 0.0830. The summed E-state index contributed by atoms with van der Waals surface area (Å²) in [6.07, 6.45) is 0.409. The summed E-state index contributed by atoms with van der Waals surface area (Å²) in [4.78, 5) is 27.8. The number of amides is 2. The molecule has 4 N–H and O–H groups in total. The van der Waals surface area contributed by atoms with Crippen LogP contribution in [0.1, 0.15) is 27.1 Å². The highest BCUT2D eigenvalue weighted by Gasteiger charge is 2.21. The Hall–Kier alpha value is -2.84. The predicted molar refractivity (Wildman–Crippen MR) is 113 cm³/mol. The molecule has 0 aliphatic carbocycles. The van der Waals surface area contributed by atoms with Crippen molar-refractivity contribution in [3.8, 4) is 0 Å². The molecule has 27 heavy (non-hydrogen) atoms. The zero-order chi connectivity index (χ0) is 19.8. The summed E-state index contributed by atoms with van der Waals surface area (Å²) in [5.74, 6) is -0.585. The molecule has 0 saturated heterocycles. The molecule has 0 aliphatic rings. The standard InChI is InChI=1S/C19H20N4O2S2/c20-18(26)22(16(24)14-8-3-1-4-9-14)12-7-13-23(19(21)27)17(25)15-10-5-2-6-11-15/h1-6,8-11H,7,12-13H2,(H2,20,26)(H2,21,27). The Kier molecular flexibility index (Phi) is 7.39. The van der Waals surface area contributed by atoms with Gasteiger partial charge in [0.25, 0.3) is 11.8 Å². The molecular weight excluding hydrogens is 380 g/mol. The van der Waals surface area contributed by atoms with Crippen molar-refractivity contribution in [1.29, 1.82) is 0 Å². The van der Waals surface area contributed by atoms with Gasteiger partial charge in [0.2, 0.25) is 0 Å². The largest absolute Gasteiger partial charge is 0.376 e. The lowest BCUT2D eigenvalue weighted by atomic mass is 10.2. The molecule has 2 amide bonds. The summed E-state index contributed by atoms with van der Waals surface area (Å²) < 4.78 is 0. The minimum atomic E-state index is -0.292. The second-order valence-corrected chi connectivity index (χ2v) is 6.51. The zero-order valence-corrected chi connectivity index (χ0v) is 16.2. The van der Waals surface area contributed by atoms with Crippen molar-refractivity contribution in [1.82, 2.24) is 9.80 Å². The summed E-state index contributed by atoms with van der Waals surface area (Å²) >= 11 is 10.0. The van der Waals surface area contributed by atoms with Crippen LogP contribution in [0, 0.1) is 0 Å². The SMILES string of the molecule is NC(=S)N(CCCN(C(=O)c1ccccc1)C(N)=S)C(=O)c1ccccc1. The van der Waals surface area contributed by atoms with Crippen LogP contribution < -0.4 is 11.5 Å². The predicted octanol–water partition coefficient (Wildman–Crippen LogP) is 2.15. The lowest BCUT2D eigenvalue weighted by Crippen LogP contribution is -2.44. The smallest absolute Gasteiger partial charge is 0.260 e. The Labute approximate surface area is 168 Å². The Morgan fingerprint density at radius 1 is 0.704 bits per heavy atom. The van der Waals surface area contributed by atoms with Crippen LogP contribution in [-0.2, 0) is 0 Å². The molecule has 2 aromatic rings. The summed E-state index contributed by atoms with van der Waals surface area (Å²) in [6, 6.07) is 17.4. The van der Waals surface area contributed by atoms with Gasteiger partial charge >= 0.3 is 0 Å². The monoisotopic (exact) mass is 400 g/mol. The molecule has 0 saturated carbocycles. The van der Waals surface area contributed by atoms with Gasteiger partial charge in [0.1, 0.15) is 0 Å². The molecule has 0 unspecified atom stereocenters. The zero-order valence-electron chi connectivity index (χ0n) is 14.6. The number of hydrogen-bond donors (Lipinski definition) is 2. The van der Waals surface area contributed by atoms with Gasteiger partial charge in [-0.25, -0.2) is 0 Å². The van der Waals surface area contributed by atoms with Crippen LogP contribution in [0.25, 0.3) is 0 Å². The Balaban J connectivity index is 2.03. The Bertz CT molecular complexity index is 759. The average molecular weight is 401 g/mol. The van der Waals surface area contributed by atoms with E-state index in [1.807, 2.05) is 12.1 Å². The Morgan fingerprint density at radius 2 is 1.04 bits per heavy atom. The van der Waals surface area contributed by atoms with Crippen LogP contribution in [0.15, 0.2) is 60.7 Å². The van der Waals surface area contributed by atoms with Gasteiger partial charge in [-0.1, -0.05) is 36.4 Å². The fourth-order valence-electron chi connectivity index (χ4n) is 2.48. The topological polar surface area (TPSA) is 92.7 Å². The summed E-state index contributed by atoms with van der Waals surface area (Å²) in [5.41, 5.74) is 12.4. The maximum atomic E-state index is 12.6. The summed E-state index contributed by atoms with van der Waals surface area (Å²) in [5, 5.41) is -0.0553. The molecule has 0 aliphatic heterocycles. The van der Waals surface area contributed by atoms with E-state index in [1.165, 1.54) is 9.80 Å². The van der Waals surface area contributed by atoms with E-state index in [1.54, 1.807) is 48.5 Å². The quantitative estimate of drug-likeness (QED) is 0.722. The van der Waals surface area contributed by atoms with Gasteiger partial charge in [-0.15, -0.1) is 0 Å². The van der Waals surface area contributed by atoms with Crippen LogP contribution >= 0.6 is 24.4 Å². The van der Waals surface area contributed by atoms with Gasteiger partial charge in [-0.05, 0) is 55.1 Å². The number of hydrogen-bond acceptors (Lipinski definition) is 4. The van der Waals surface area contributed by atoms with Crippen molar-refractivity contribution in [2.45, 2.75) is 6.42 Å². The van der Waals surface area contributed by atoms with Crippen LogP contribution in [0.2, 0.25) is 0 Å². The van der Waals surface area contributed by atoms with E-state index in [0.717, 1.165) is 0 Å². The number of thiocarbonyl (C=S) groups is 2.